The van der Waals surface area contributed by atoms with Crippen LogP contribution in [0.5, 0.6) is 0 Å². The van der Waals surface area contributed by atoms with E-state index in [1.54, 1.807) is 6.21 Å². The second-order valence-corrected chi connectivity index (χ2v) is 5.04. The molecule has 0 aliphatic carbocycles. The summed E-state index contributed by atoms with van der Waals surface area (Å²) >= 11 is 0. The molecule has 0 fully saturated rings. The van der Waals surface area contributed by atoms with Gasteiger partial charge < -0.3 is 10.2 Å². The van der Waals surface area contributed by atoms with Crippen LogP contribution in [0.25, 0.3) is 0 Å². The van der Waals surface area contributed by atoms with E-state index in [0.717, 1.165) is 23.6 Å². The van der Waals surface area contributed by atoms with Gasteiger partial charge in [0.25, 0.3) is 0 Å². The van der Waals surface area contributed by atoms with Gasteiger partial charge in [0.2, 0.25) is 5.91 Å². The SMILES string of the molecule is CC(C)CN(C)c1ccc2c(c1)N=CCC(=O)N2. The summed E-state index contributed by atoms with van der Waals surface area (Å²) < 4.78 is 0. The van der Waals surface area contributed by atoms with Crippen molar-refractivity contribution in [3.8, 4) is 0 Å². The summed E-state index contributed by atoms with van der Waals surface area (Å²) in [5.41, 5.74) is 2.74. The van der Waals surface area contributed by atoms with Gasteiger partial charge in [-0.3, -0.25) is 9.79 Å². The molecule has 0 unspecified atom stereocenters. The van der Waals surface area contributed by atoms with Crippen molar-refractivity contribution < 1.29 is 4.79 Å². The van der Waals surface area contributed by atoms with E-state index in [1.165, 1.54) is 0 Å². The highest BCUT2D eigenvalue weighted by atomic mass is 16.1. The zero-order valence-corrected chi connectivity index (χ0v) is 11.1. The molecule has 0 aromatic heterocycles. The number of benzene rings is 1. The number of carbonyl (C=O) groups is 1. The van der Waals surface area contributed by atoms with Crippen molar-refractivity contribution in [2.24, 2.45) is 10.9 Å². The minimum atomic E-state index is -0.0132. The Hall–Kier alpha value is -1.84. The summed E-state index contributed by atoms with van der Waals surface area (Å²) in [7, 11) is 2.07. The van der Waals surface area contributed by atoms with Gasteiger partial charge in [-0.2, -0.15) is 0 Å². The van der Waals surface area contributed by atoms with Crippen molar-refractivity contribution in [3.05, 3.63) is 18.2 Å². The molecule has 1 amide bonds. The lowest BCUT2D eigenvalue weighted by Crippen LogP contribution is -2.22. The van der Waals surface area contributed by atoms with Gasteiger partial charge in [-0.15, -0.1) is 0 Å². The Morgan fingerprint density at radius 1 is 1.44 bits per heavy atom. The maximum Gasteiger partial charge on any atom is 0.229 e. The standard InChI is InChI=1S/C14H19N3O/c1-10(2)9-17(3)11-4-5-12-13(8-11)15-7-6-14(18)16-12/h4-5,7-8,10H,6,9H2,1-3H3,(H,16,18). The number of hydrogen-bond donors (Lipinski definition) is 1. The van der Waals surface area contributed by atoms with Crippen LogP contribution in [0.15, 0.2) is 23.2 Å². The summed E-state index contributed by atoms with van der Waals surface area (Å²) in [6.45, 7) is 5.38. The van der Waals surface area contributed by atoms with Crippen LogP contribution in [-0.2, 0) is 4.79 Å². The molecule has 1 aliphatic rings. The fourth-order valence-electron chi connectivity index (χ4n) is 2.05. The van der Waals surface area contributed by atoms with Crippen LogP contribution in [0.4, 0.5) is 17.1 Å². The molecule has 0 saturated carbocycles. The van der Waals surface area contributed by atoms with Crippen molar-refractivity contribution in [1.82, 2.24) is 0 Å². The normalized spacial score (nSPS) is 14.1. The summed E-state index contributed by atoms with van der Waals surface area (Å²) in [6, 6.07) is 5.95. The van der Waals surface area contributed by atoms with Crippen LogP contribution in [0.1, 0.15) is 20.3 Å². The van der Waals surface area contributed by atoms with E-state index < -0.39 is 0 Å². The number of amides is 1. The second-order valence-electron chi connectivity index (χ2n) is 5.04. The molecule has 1 aliphatic heterocycles. The average Bonchev–Trinajstić information content (AvgIpc) is 2.47. The van der Waals surface area contributed by atoms with Crippen molar-refractivity contribution in [3.63, 3.8) is 0 Å². The predicted molar refractivity (Wildman–Crippen MR) is 75.9 cm³/mol. The Bertz CT molecular complexity index is 480. The fraction of sp³-hybridized carbons (Fsp3) is 0.429. The molecule has 0 atom stereocenters. The molecule has 18 heavy (non-hydrogen) atoms. The monoisotopic (exact) mass is 245 g/mol. The van der Waals surface area contributed by atoms with Gasteiger partial charge in [0, 0.05) is 25.5 Å². The lowest BCUT2D eigenvalue weighted by Gasteiger charge is -2.22. The summed E-state index contributed by atoms with van der Waals surface area (Å²) in [5, 5.41) is 2.85. The quantitative estimate of drug-likeness (QED) is 0.890. The van der Waals surface area contributed by atoms with E-state index in [2.05, 4.69) is 36.1 Å². The van der Waals surface area contributed by atoms with E-state index in [1.807, 2.05) is 18.2 Å². The Kier molecular flexibility index (Phi) is 3.65. The first kappa shape index (κ1) is 12.6. The largest absolute Gasteiger partial charge is 0.374 e. The van der Waals surface area contributed by atoms with Crippen molar-refractivity contribution in [2.45, 2.75) is 20.3 Å². The van der Waals surface area contributed by atoms with E-state index in [4.69, 9.17) is 0 Å². The molecule has 1 N–H and O–H groups in total. The van der Waals surface area contributed by atoms with E-state index >= 15 is 0 Å². The maximum absolute atomic E-state index is 11.4. The summed E-state index contributed by atoms with van der Waals surface area (Å²) in [6.07, 6.45) is 2.00. The van der Waals surface area contributed by atoms with Crippen LogP contribution in [0.2, 0.25) is 0 Å². The third-order valence-electron chi connectivity index (χ3n) is 2.84. The summed E-state index contributed by atoms with van der Waals surface area (Å²) in [5.74, 6) is 0.595. The minimum Gasteiger partial charge on any atom is -0.374 e. The molecule has 0 saturated heterocycles. The van der Waals surface area contributed by atoms with Gasteiger partial charge in [0.05, 0.1) is 17.8 Å². The Morgan fingerprint density at radius 3 is 2.94 bits per heavy atom. The molecular weight excluding hydrogens is 226 g/mol. The molecule has 96 valence electrons. The molecule has 1 aromatic rings. The predicted octanol–water partition coefficient (Wildman–Crippen LogP) is 2.82. The minimum absolute atomic E-state index is 0.0132. The number of rotatable bonds is 3. The number of hydrogen-bond acceptors (Lipinski definition) is 3. The van der Waals surface area contributed by atoms with Gasteiger partial charge in [-0.1, -0.05) is 13.8 Å². The fourth-order valence-corrected chi connectivity index (χ4v) is 2.05. The zero-order valence-electron chi connectivity index (χ0n) is 11.1. The van der Waals surface area contributed by atoms with Gasteiger partial charge in [0.15, 0.2) is 0 Å². The van der Waals surface area contributed by atoms with Crippen LogP contribution >= 0.6 is 0 Å². The third-order valence-corrected chi connectivity index (χ3v) is 2.84. The van der Waals surface area contributed by atoms with Crippen LogP contribution < -0.4 is 10.2 Å². The highest BCUT2D eigenvalue weighted by Crippen LogP contribution is 2.31. The van der Waals surface area contributed by atoms with Crippen molar-refractivity contribution in [1.29, 1.82) is 0 Å². The molecule has 1 aromatic carbocycles. The van der Waals surface area contributed by atoms with Crippen LogP contribution in [-0.4, -0.2) is 25.7 Å². The van der Waals surface area contributed by atoms with Crippen LogP contribution in [0, 0.1) is 5.92 Å². The average molecular weight is 245 g/mol. The first-order valence-electron chi connectivity index (χ1n) is 6.24. The first-order chi connectivity index (χ1) is 8.56. The number of aliphatic imine (C=N–C) groups is 1. The number of nitrogens with zero attached hydrogens (tertiary/aromatic N) is 2. The number of carbonyl (C=O) groups excluding carboxylic acids is 1. The molecular formula is C14H19N3O. The van der Waals surface area contributed by atoms with Gasteiger partial charge in [-0.25, -0.2) is 0 Å². The molecule has 4 heteroatoms. The Morgan fingerprint density at radius 2 is 2.22 bits per heavy atom. The highest BCUT2D eigenvalue weighted by Gasteiger charge is 2.11. The first-order valence-corrected chi connectivity index (χ1v) is 6.24. The molecule has 0 bridgehead atoms. The van der Waals surface area contributed by atoms with E-state index in [0.29, 0.717) is 12.3 Å². The van der Waals surface area contributed by atoms with Crippen LogP contribution in [0.3, 0.4) is 0 Å². The summed E-state index contributed by atoms with van der Waals surface area (Å²) in [4.78, 5) is 17.9. The number of anilines is 2. The molecule has 0 spiro atoms. The van der Waals surface area contributed by atoms with Crippen molar-refractivity contribution in [2.75, 3.05) is 23.8 Å². The topological polar surface area (TPSA) is 44.7 Å². The number of nitrogens with one attached hydrogen (secondary N) is 1. The zero-order chi connectivity index (χ0) is 13.1. The number of fused-ring (bicyclic) bond motifs is 1. The van der Waals surface area contributed by atoms with E-state index in [-0.39, 0.29) is 5.91 Å². The molecule has 0 radical (unpaired) electrons. The maximum atomic E-state index is 11.4. The third kappa shape index (κ3) is 2.88. The van der Waals surface area contributed by atoms with Gasteiger partial charge >= 0.3 is 0 Å². The molecule has 4 nitrogen and oxygen atoms in total. The van der Waals surface area contributed by atoms with Crippen molar-refractivity contribution >= 4 is 29.2 Å². The van der Waals surface area contributed by atoms with E-state index in [9.17, 15) is 4.79 Å². The molecule has 1 heterocycles. The van der Waals surface area contributed by atoms with Gasteiger partial charge in [0.1, 0.15) is 0 Å². The lowest BCUT2D eigenvalue weighted by molar-refractivity contribution is -0.115. The molecule has 2 rings (SSSR count). The smallest absolute Gasteiger partial charge is 0.229 e. The second kappa shape index (κ2) is 5.21. The lowest BCUT2D eigenvalue weighted by atomic mass is 10.2. The van der Waals surface area contributed by atoms with Gasteiger partial charge in [-0.05, 0) is 24.1 Å². The highest BCUT2D eigenvalue weighted by molar-refractivity contribution is 6.03. The Balaban J connectivity index is 2.26. The Labute approximate surface area is 108 Å².